The number of likely N-dealkylation sites (N-methyl/N-ethyl adjacent to an activating group) is 1. The molecular formula is C10H22N2O. The minimum atomic E-state index is 0.307. The van der Waals surface area contributed by atoms with Gasteiger partial charge < -0.3 is 9.64 Å². The smallest absolute Gasteiger partial charge is 0.0984 e. The molecule has 3 nitrogen and oxygen atoms in total. The lowest BCUT2D eigenvalue weighted by atomic mass is 10.2. The van der Waals surface area contributed by atoms with Crippen molar-refractivity contribution >= 4 is 5.84 Å². The summed E-state index contributed by atoms with van der Waals surface area (Å²) in [6, 6.07) is 0. The average molecular weight is 186 g/mol. The Bertz CT molecular complexity index is 146. The number of amidine groups is 1. The zero-order valence-corrected chi connectivity index (χ0v) is 9.26. The standard InChI is InChI=1S/C10H22N2O/c1-5-12(7-8-13-6-2)10(11)9(3)4/h9,11H,5-8H2,1-4H3. The van der Waals surface area contributed by atoms with E-state index in [0.717, 1.165) is 26.3 Å². The second kappa shape index (κ2) is 6.89. The molecule has 78 valence electrons. The molecular weight excluding hydrogens is 164 g/mol. The van der Waals surface area contributed by atoms with Crippen LogP contribution >= 0.6 is 0 Å². The van der Waals surface area contributed by atoms with Crippen LogP contribution in [0.5, 0.6) is 0 Å². The zero-order chi connectivity index (χ0) is 10.3. The quantitative estimate of drug-likeness (QED) is 0.391. The van der Waals surface area contributed by atoms with E-state index in [1.54, 1.807) is 0 Å². The van der Waals surface area contributed by atoms with E-state index in [0.29, 0.717) is 11.8 Å². The molecule has 0 saturated heterocycles. The van der Waals surface area contributed by atoms with Gasteiger partial charge in [0.2, 0.25) is 0 Å². The fourth-order valence-electron chi connectivity index (χ4n) is 1.13. The molecule has 0 amide bonds. The lowest BCUT2D eigenvalue weighted by molar-refractivity contribution is 0.132. The Hall–Kier alpha value is -0.570. The summed E-state index contributed by atoms with van der Waals surface area (Å²) in [5.74, 6) is 1.02. The third-order valence-corrected chi connectivity index (χ3v) is 1.98. The number of ether oxygens (including phenoxy) is 1. The van der Waals surface area contributed by atoms with Gasteiger partial charge in [-0.15, -0.1) is 0 Å². The van der Waals surface area contributed by atoms with Crippen LogP contribution in [0, 0.1) is 11.3 Å². The SMILES string of the molecule is CCOCCN(CC)C(=N)C(C)C. The molecule has 0 radical (unpaired) electrons. The normalized spacial score (nSPS) is 10.5. The maximum Gasteiger partial charge on any atom is 0.0984 e. The Morgan fingerprint density at radius 1 is 1.38 bits per heavy atom. The lowest BCUT2D eigenvalue weighted by Gasteiger charge is -2.25. The number of nitrogens with one attached hydrogen (secondary N) is 1. The van der Waals surface area contributed by atoms with Gasteiger partial charge in [-0.3, -0.25) is 5.41 Å². The van der Waals surface area contributed by atoms with Crippen LogP contribution in [0.2, 0.25) is 0 Å². The van der Waals surface area contributed by atoms with E-state index in [9.17, 15) is 0 Å². The molecule has 0 atom stereocenters. The first kappa shape index (κ1) is 12.4. The minimum Gasteiger partial charge on any atom is -0.380 e. The molecule has 0 heterocycles. The molecule has 1 N–H and O–H groups in total. The molecule has 0 fully saturated rings. The number of hydrogen-bond acceptors (Lipinski definition) is 2. The van der Waals surface area contributed by atoms with Gasteiger partial charge >= 0.3 is 0 Å². The van der Waals surface area contributed by atoms with Gasteiger partial charge in [0.15, 0.2) is 0 Å². The van der Waals surface area contributed by atoms with Crippen molar-refractivity contribution in [1.29, 1.82) is 5.41 Å². The lowest BCUT2D eigenvalue weighted by Crippen LogP contribution is -2.36. The van der Waals surface area contributed by atoms with Crippen molar-refractivity contribution in [3.8, 4) is 0 Å². The molecule has 3 heteroatoms. The molecule has 13 heavy (non-hydrogen) atoms. The maximum absolute atomic E-state index is 7.81. The van der Waals surface area contributed by atoms with Crippen molar-refractivity contribution < 1.29 is 4.74 Å². The Balaban J connectivity index is 3.81. The third kappa shape index (κ3) is 4.88. The molecule has 0 bridgehead atoms. The summed E-state index contributed by atoms with van der Waals surface area (Å²) >= 11 is 0. The van der Waals surface area contributed by atoms with Crippen LogP contribution in [0.1, 0.15) is 27.7 Å². The molecule has 0 aliphatic rings. The summed E-state index contributed by atoms with van der Waals surface area (Å²) in [5.41, 5.74) is 0. The summed E-state index contributed by atoms with van der Waals surface area (Å²) in [6.45, 7) is 11.4. The number of rotatable bonds is 6. The van der Waals surface area contributed by atoms with Crippen LogP contribution in [0.3, 0.4) is 0 Å². The number of nitrogens with zero attached hydrogens (tertiary/aromatic N) is 1. The second-order valence-electron chi connectivity index (χ2n) is 3.32. The summed E-state index contributed by atoms with van der Waals surface area (Å²) in [7, 11) is 0. The Morgan fingerprint density at radius 2 is 2.00 bits per heavy atom. The monoisotopic (exact) mass is 186 g/mol. The molecule has 0 aromatic heterocycles. The average Bonchev–Trinajstić information content (AvgIpc) is 2.11. The van der Waals surface area contributed by atoms with Gasteiger partial charge in [-0.1, -0.05) is 13.8 Å². The van der Waals surface area contributed by atoms with E-state index in [1.165, 1.54) is 0 Å². The van der Waals surface area contributed by atoms with E-state index in [1.807, 2.05) is 20.8 Å². The highest BCUT2D eigenvalue weighted by Gasteiger charge is 2.10. The van der Waals surface area contributed by atoms with Gasteiger partial charge in [0.1, 0.15) is 0 Å². The van der Waals surface area contributed by atoms with E-state index < -0.39 is 0 Å². The molecule has 0 unspecified atom stereocenters. The fourth-order valence-corrected chi connectivity index (χ4v) is 1.13. The first-order valence-corrected chi connectivity index (χ1v) is 5.04. The predicted octanol–water partition coefficient (Wildman–Crippen LogP) is 1.98. The molecule has 0 aliphatic carbocycles. The van der Waals surface area contributed by atoms with E-state index >= 15 is 0 Å². The van der Waals surface area contributed by atoms with Gasteiger partial charge in [0.05, 0.1) is 12.4 Å². The third-order valence-electron chi connectivity index (χ3n) is 1.98. The highest BCUT2D eigenvalue weighted by Crippen LogP contribution is 2.01. The van der Waals surface area contributed by atoms with Crippen molar-refractivity contribution in [3.05, 3.63) is 0 Å². The predicted molar refractivity (Wildman–Crippen MR) is 56.3 cm³/mol. The van der Waals surface area contributed by atoms with Crippen LogP contribution in [0.25, 0.3) is 0 Å². The first-order valence-electron chi connectivity index (χ1n) is 5.04. The van der Waals surface area contributed by atoms with Gasteiger partial charge in [0, 0.05) is 25.6 Å². The van der Waals surface area contributed by atoms with Crippen molar-refractivity contribution in [2.24, 2.45) is 5.92 Å². The largest absolute Gasteiger partial charge is 0.380 e. The minimum absolute atomic E-state index is 0.307. The van der Waals surface area contributed by atoms with E-state index in [4.69, 9.17) is 10.1 Å². The molecule has 0 aliphatic heterocycles. The maximum atomic E-state index is 7.81. The summed E-state index contributed by atoms with van der Waals surface area (Å²) < 4.78 is 5.26. The van der Waals surface area contributed by atoms with Gasteiger partial charge in [-0.25, -0.2) is 0 Å². The molecule has 0 aromatic rings. The molecule has 0 aromatic carbocycles. The van der Waals surface area contributed by atoms with Crippen molar-refractivity contribution in [3.63, 3.8) is 0 Å². The molecule has 0 saturated carbocycles. The Kier molecular flexibility index (Phi) is 6.59. The summed E-state index contributed by atoms with van der Waals surface area (Å²) in [5, 5.41) is 7.81. The van der Waals surface area contributed by atoms with Gasteiger partial charge in [-0.05, 0) is 13.8 Å². The van der Waals surface area contributed by atoms with Gasteiger partial charge in [-0.2, -0.15) is 0 Å². The topological polar surface area (TPSA) is 36.3 Å². The highest BCUT2D eigenvalue weighted by molar-refractivity contribution is 5.80. The van der Waals surface area contributed by atoms with Crippen molar-refractivity contribution in [2.75, 3.05) is 26.3 Å². The molecule has 0 rings (SSSR count). The van der Waals surface area contributed by atoms with Crippen molar-refractivity contribution in [2.45, 2.75) is 27.7 Å². The van der Waals surface area contributed by atoms with Crippen LogP contribution in [0.4, 0.5) is 0 Å². The van der Waals surface area contributed by atoms with Crippen molar-refractivity contribution in [1.82, 2.24) is 4.90 Å². The summed E-state index contributed by atoms with van der Waals surface area (Å²) in [6.07, 6.45) is 0. The Morgan fingerprint density at radius 3 is 2.38 bits per heavy atom. The van der Waals surface area contributed by atoms with E-state index in [2.05, 4.69) is 11.8 Å². The van der Waals surface area contributed by atoms with E-state index in [-0.39, 0.29) is 0 Å². The van der Waals surface area contributed by atoms with Crippen LogP contribution in [-0.2, 0) is 4.74 Å². The van der Waals surface area contributed by atoms with Crippen LogP contribution < -0.4 is 0 Å². The number of hydrogen-bond donors (Lipinski definition) is 1. The molecule has 0 spiro atoms. The van der Waals surface area contributed by atoms with Crippen LogP contribution in [0.15, 0.2) is 0 Å². The summed E-state index contributed by atoms with van der Waals surface area (Å²) in [4.78, 5) is 2.06. The second-order valence-corrected chi connectivity index (χ2v) is 3.32. The highest BCUT2D eigenvalue weighted by atomic mass is 16.5. The zero-order valence-electron chi connectivity index (χ0n) is 9.26. The first-order chi connectivity index (χ1) is 6.13. The Labute approximate surface area is 81.6 Å². The van der Waals surface area contributed by atoms with Crippen LogP contribution in [-0.4, -0.2) is 37.0 Å². The fraction of sp³-hybridized carbons (Fsp3) is 0.900. The van der Waals surface area contributed by atoms with Gasteiger partial charge in [0.25, 0.3) is 0 Å².